The van der Waals surface area contributed by atoms with Gasteiger partial charge in [-0.1, -0.05) is 159 Å². The Bertz CT molecular complexity index is 4770. The summed E-state index contributed by atoms with van der Waals surface area (Å²) in [6.45, 7) is 2.45. The third-order valence-corrected chi connectivity index (χ3v) is 20.1. The van der Waals surface area contributed by atoms with E-state index in [9.17, 15) is 22.0 Å². The van der Waals surface area contributed by atoms with E-state index in [1.165, 1.54) is 179 Å². The molecule has 0 bridgehead atoms. The first kappa shape index (κ1) is 75.9. The molecule has 516 valence electrons. The first-order valence-corrected chi connectivity index (χ1v) is 35.5. The number of benzene rings is 5. The van der Waals surface area contributed by atoms with Crippen molar-refractivity contribution in [2.45, 2.75) is 140 Å². The van der Waals surface area contributed by atoms with Crippen LogP contribution in [0.3, 0.4) is 0 Å². The summed E-state index contributed by atoms with van der Waals surface area (Å²) in [7, 11) is -1.34. The fraction of sp³-hybridized carbons (Fsp3) is 0.278. The Morgan fingerprint density at radius 1 is 0.554 bits per heavy atom. The van der Waals surface area contributed by atoms with Crippen LogP contribution in [0, 0.1) is 22.3 Å². The van der Waals surface area contributed by atoms with Gasteiger partial charge in [0.25, 0.3) is 0 Å². The van der Waals surface area contributed by atoms with Crippen molar-refractivity contribution < 1.29 is 80.6 Å². The van der Waals surface area contributed by atoms with Gasteiger partial charge in [-0.05, 0) is 173 Å². The molecule has 3 aliphatic carbocycles. The minimum atomic E-state index is -4.67. The van der Waals surface area contributed by atoms with E-state index in [1.807, 2.05) is 43.8 Å². The fourth-order valence-corrected chi connectivity index (χ4v) is 15.4. The molecule has 13 nitrogen and oxygen atoms in total. The largest absolute Gasteiger partial charge is 1.00 e. The van der Waals surface area contributed by atoms with E-state index in [1.54, 1.807) is 30.3 Å². The van der Waals surface area contributed by atoms with Gasteiger partial charge in [-0.15, -0.1) is 11.6 Å². The minimum absolute atomic E-state index is 0. The van der Waals surface area contributed by atoms with Crippen LogP contribution in [0.15, 0.2) is 204 Å². The molecular weight excluding hydrogens is 1430 g/mol. The number of nitrogens with zero attached hydrogens (tertiary/aromatic N) is 5. The Kier molecular flexibility index (Phi) is 26.9. The van der Waals surface area contributed by atoms with Crippen LogP contribution in [0.25, 0.3) is 77.7 Å². The monoisotopic (exact) mass is 1510 g/mol. The van der Waals surface area contributed by atoms with Crippen LogP contribution in [-0.4, -0.2) is 57.9 Å². The van der Waals surface area contributed by atoms with E-state index in [0.29, 0.717) is 29.9 Å². The van der Waals surface area contributed by atoms with Crippen molar-refractivity contribution in [3.8, 4) is 45.0 Å². The number of aryl methyl sites for hydroxylation is 1. The van der Waals surface area contributed by atoms with Gasteiger partial charge in [0.15, 0.2) is 18.2 Å². The van der Waals surface area contributed by atoms with Crippen LogP contribution in [0.2, 0.25) is 0 Å². The van der Waals surface area contributed by atoms with E-state index in [4.69, 9.17) is 30.7 Å². The van der Waals surface area contributed by atoms with Crippen molar-refractivity contribution in [3.63, 3.8) is 0 Å². The molecule has 13 aromatic rings. The minimum Gasteiger partial charge on any atom is -0.870 e. The van der Waals surface area contributed by atoms with Gasteiger partial charge in [0.2, 0.25) is 12.3 Å². The summed E-state index contributed by atoms with van der Waals surface area (Å²) in [6, 6.07) is 46.9. The van der Waals surface area contributed by atoms with E-state index < -0.39 is 24.7 Å². The Balaban J connectivity index is 0.000000144. The molecule has 0 unspecified atom stereocenters. The van der Waals surface area contributed by atoms with Crippen molar-refractivity contribution in [2.24, 2.45) is 0 Å². The standard InChI is InChI=1S/C30H28FN3O.C19H20N2.C13H15IN2.C11H6ClF4NO.C6H7BO2.Na.H2O/c1-20-16-23(31)12-13-25(20)27-17-24(35-33-27)18-34-15-14-26-28(19-34)32-30(22-10-6-3-7-11-22)29(26)21-8-4-2-5-9-21;1-3-7-14(8-4-1)18-16-11-12-20-13-17(16)21-19(18)15-9-5-2-6-10-15;14-13-12(9-4-2-1-3-5-9)10-6-7-15-8-11(10)16-13;12-5-7-4-10(17-18-7)8-2-1-6(13)3-9(8)11(14,15)16;8-7(9)6-4-2-1-3-5-6;;/h3,6-7,10-17,19,21H,2,4-5,8-9,18H2,1H3;2,5-6,9-14,21H,1,3-4,7-8H2;6-9,16H,1-5H2;1-4H,5H2;1-5,8-9H;;1H2/q;;;;;+1;. The number of pyridine rings is 3. The second-order valence-corrected chi connectivity index (χ2v) is 27.0. The summed E-state index contributed by atoms with van der Waals surface area (Å²) in [6.07, 6.45) is 27.4. The van der Waals surface area contributed by atoms with Gasteiger partial charge in [-0.3, -0.25) is 9.97 Å². The predicted molar refractivity (Wildman–Crippen MR) is 392 cm³/mol. The predicted octanol–water partition coefficient (Wildman–Crippen LogP) is 17.2. The van der Waals surface area contributed by atoms with Crippen molar-refractivity contribution in [1.29, 1.82) is 0 Å². The van der Waals surface area contributed by atoms with Gasteiger partial charge in [0, 0.05) is 57.9 Å². The molecule has 16 rings (SSSR count). The normalized spacial score (nSPS) is 14.2. The second kappa shape index (κ2) is 35.9. The fourth-order valence-electron chi connectivity index (χ4n) is 14.2. The summed E-state index contributed by atoms with van der Waals surface area (Å²) in [4.78, 5) is 19.3. The number of aromatic nitrogens is 8. The molecule has 0 radical (unpaired) electrons. The van der Waals surface area contributed by atoms with Crippen LogP contribution >= 0.6 is 34.2 Å². The average molecular weight is 1510 g/mol. The van der Waals surface area contributed by atoms with Crippen molar-refractivity contribution in [3.05, 3.63) is 250 Å². The molecule has 8 aromatic heterocycles. The second-order valence-electron chi connectivity index (χ2n) is 25.6. The zero-order chi connectivity index (χ0) is 68.8. The number of H-pyrrole nitrogens is 3. The van der Waals surface area contributed by atoms with Gasteiger partial charge in [-0.25, -0.2) is 8.78 Å². The van der Waals surface area contributed by atoms with Crippen LogP contribution in [0.1, 0.15) is 153 Å². The molecule has 8 heterocycles. The van der Waals surface area contributed by atoms with Crippen LogP contribution in [0.5, 0.6) is 0 Å². The molecule has 0 atom stereocenters. The quantitative estimate of drug-likeness (QED) is 0.0275. The molecule has 0 amide bonds. The molecule has 0 aliphatic heterocycles. The summed E-state index contributed by atoms with van der Waals surface area (Å²) in [5, 5.41) is 28.9. The van der Waals surface area contributed by atoms with Gasteiger partial charge >= 0.3 is 42.9 Å². The molecule has 101 heavy (non-hydrogen) atoms. The Labute approximate surface area is 624 Å². The van der Waals surface area contributed by atoms with E-state index >= 15 is 0 Å². The number of alkyl halides is 4. The molecule has 6 N–H and O–H groups in total. The smallest absolute Gasteiger partial charge is 0.870 e. The maximum atomic E-state index is 13.5. The van der Waals surface area contributed by atoms with Gasteiger partial charge < -0.3 is 39.5 Å². The number of aromatic amines is 3. The van der Waals surface area contributed by atoms with Crippen molar-refractivity contribution in [1.82, 2.24) is 35.2 Å². The maximum absolute atomic E-state index is 13.5. The van der Waals surface area contributed by atoms with Crippen LogP contribution < -0.4 is 39.6 Å². The zero-order valence-electron chi connectivity index (χ0n) is 56.3. The Morgan fingerprint density at radius 2 is 1.01 bits per heavy atom. The molecule has 3 aliphatic rings. The molecule has 5 aromatic carbocycles. The third kappa shape index (κ3) is 18.9. The summed E-state index contributed by atoms with van der Waals surface area (Å²) < 4.78 is 78.4. The zero-order valence-corrected chi connectivity index (χ0v) is 61.3. The number of nitrogens with one attached hydrogen (secondary N) is 3. The molecular formula is C79H78BClF5IN8NaO5+. The maximum Gasteiger partial charge on any atom is 1.00 e. The van der Waals surface area contributed by atoms with E-state index in [2.05, 4.69) is 154 Å². The number of fused-ring (bicyclic) bond motifs is 3. The first-order chi connectivity index (χ1) is 48.2. The van der Waals surface area contributed by atoms with E-state index in [0.717, 1.165) is 51.7 Å². The number of rotatable bonds is 11. The molecule has 0 spiro atoms. The first-order valence-electron chi connectivity index (χ1n) is 33.9. The topological polar surface area (TPSA) is 200 Å². The van der Waals surface area contributed by atoms with Crippen molar-refractivity contribution >= 4 is 79.5 Å². The summed E-state index contributed by atoms with van der Waals surface area (Å²) in [5.41, 5.74) is 14.7. The molecule has 3 fully saturated rings. The summed E-state index contributed by atoms with van der Waals surface area (Å²) >= 11 is 7.90. The SMILES string of the molecule is Cc1cc(F)ccc1-c1cc(C[n+]2ccc3c(C4CCCCC4)c(-c4ccccc4)[nH]c3c2)on1.Fc1ccc(-c2cc(CCl)on2)c(C(F)(F)F)c1.Ic1[nH]c2cnccc2c1C1CCCCC1.OB(O)c1ccccc1.[Na+].[OH-].c1ccc(-c2[nH]c3cnccc3c2C2CCCCC2)cc1. The number of halogens is 7. The van der Waals surface area contributed by atoms with Crippen molar-refractivity contribution in [2.75, 3.05) is 0 Å². The average Bonchev–Trinajstić information content (AvgIpc) is 1.65. The number of hydrogen-bond donors (Lipinski definition) is 5. The van der Waals surface area contributed by atoms with Gasteiger partial charge in [0.1, 0.15) is 28.5 Å². The van der Waals surface area contributed by atoms with E-state index in [-0.39, 0.29) is 63.7 Å². The third-order valence-electron chi connectivity index (χ3n) is 18.9. The Morgan fingerprint density at radius 3 is 1.51 bits per heavy atom. The Hall–Kier alpha value is -7.80. The van der Waals surface area contributed by atoms with Crippen LogP contribution in [0.4, 0.5) is 22.0 Å². The molecule has 3 saturated carbocycles. The summed E-state index contributed by atoms with van der Waals surface area (Å²) in [5.74, 6) is 1.83. The van der Waals surface area contributed by atoms with Gasteiger partial charge in [0.05, 0.1) is 50.0 Å². The van der Waals surface area contributed by atoms with Crippen LogP contribution in [-0.2, 0) is 18.6 Å². The number of hydrogen-bond acceptors (Lipinski definition) is 9. The molecule has 22 heteroatoms. The molecule has 0 saturated heterocycles. The van der Waals surface area contributed by atoms with Gasteiger partial charge in [-0.2, -0.15) is 17.7 Å².